The summed E-state index contributed by atoms with van der Waals surface area (Å²) >= 11 is 0. The molecule has 0 aliphatic carbocycles. The first-order valence-electron chi connectivity index (χ1n) is 0. The van der Waals surface area contributed by atoms with Crippen LogP contribution < -0.4 is 68.9 Å². The van der Waals surface area contributed by atoms with Gasteiger partial charge in [0.05, 0.1) is 0 Å². The van der Waals surface area contributed by atoms with Crippen LogP contribution in [0.25, 0.3) is 0 Å². The van der Waals surface area contributed by atoms with Crippen LogP contribution >= 0.6 is 71.9 Å². The van der Waals surface area contributed by atoms with Gasteiger partial charge in [-0.15, -0.1) is 71.9 Å². The molecule has 0 fully saturated rings. The molecule has 0 radical (unpaired) electrons. The van der Waals surface area contributed by atoms with Gasteiger partial charge in [-0.2, -0.15) is 0 Å². The van der Waals surface area contributed by atoms with Crippen molar-refractivity contribution in [3.63, 3.8) is 0 Å². The molecule has 0 atom stereocenters. The quantitative estimate of drug-likeness (QED) is 0.275. The third-order valence-electron chi connectivity index (χ3n) is 0. The molecule has 6 heteroatoms. The Kier molecular flexibility index (Phi) is 190. The molecule has 0 saturated heterocycles. The molecule has 0 unspecified atom stereocenters. The molecule has 6 heavy (non-hydrogen) atoms. The molecule has 0 amide bonds. The van der Waals surface area contributed by atoms with E-state index >= 15 is 0 Å². The minimum Gasteiger partial charge on any atom is -1.00 e. The number of hydrogen-bond acceptors (Lipinski definition) is 0. The molecule has 0 aliphatic rings. The zero-order chi connectivity index (χ0) is 0. The van der Waals surface area contributed by atoms with Gasteiger partial charge in [-0.3, -0.25) is 0 Å². The molecule has 0 rings (SSSR count). The summed E-state index contributed by atoms with van der Waals surface area (Å²) in [5.74, 6) is 0. The second-order valence-corrected chi connectivity index (χ2v) is 0. The van der Waals surface area contributed by atoms with Crippen LogP contribution in [0.2, 0.25) is 0 Å². The molecule has 0 nitrogen and oxygen atoms in total. The molecule has 0 N–H and O–H groups in total. The predicted molar refractivity (Wildman–Crippen MR) is 47.4 cm³/mol. The Hall–Kier alpha value is 6.87. The van der Waals surface area contributed by atoms with Crippen LogP contribution in [-0.4, -0.2) is 0 Å². The van der Waals surface area contributed by atoms with E-state index < -0.39 is 0 Å². The van der Waals surface area contributed by atoms with E-state index in [0.29, 0.717) is 0 Å². The Morgan fingerprint density at radius 2 is 0.833 bits per heavy atom. The van der Waals surface area contributed by atoms with Gasteiger partial charge in [0, 0.05) is 79.0 Å². The van der Waals surface area contributed by atoms with Crippen molar-refractivity contribution in [3.8, 4) is 0 Å². The molecular formula is H4CsDyI3Nd. The Bertz CT molecular complexity index is 14.9. The van der Waals surface area contributed by atoms with E-state index in [9.17, 15) is 0 Å². The number of hydrogen-bond donors (Lipinski definition) is 0. The fourth-order valence-corrected chi connectivity index (χ4v) is 0. The average molecular weight is 824 g/mol. The fraction of sp³-hybridized carbons (Fsp3) is 0. The van der Waals surface area contributed by atoms with Crippen molar-refractivity contribution in [1.82, 2.24) is 0 Å². The van der Waals surface area contributed by atoms with Gasteiger partial charge in [0.25, 0.3) is 0 Å². The monoisotopic (exact) mass is 823 g/mol. The summed E-state index contributed by atoms with van der Waals surface area (Å²) < 4.78 is 0. The molecule has 0 aromatic heterocycles. The maximum atomic E-state index is 0. The topological polar surface area (TPSA) is 0 Å². The maximum Gasteiger partial charge on any atom is 1.00 e. The zero-order valence-electron chi connectivity index (χ0n) is 4.04. The van der Waals surface area contributed by atoms with E-state index in [4.69, 9.17) is 0 Å². The SMILES string of the molecule is I.I.I.[Cs+].[Dy].[H-].[Nd]. The summed E-state index contributed by atoms with van der Waals surface area (Å²) in [6, 6.07) is 0. The summed E-state index contributed by atoms with van der Waals surface area (Å²) in [7, 11) is 0. The Balaban J connectivity index is 0. The van der Waals surface area contributed by atoms with Crippen LogP contribution in [-0.2, 0) is 0 Å². The number of halogens is 3. The second kappa shape index (κ2) is 29.7. The number of rotatable bonds is 0. The summed E-state index contributed by atoms with van der Waals surface area (Å²) in [5.41, 5.74) is 0. The summed E-state index contributed by atoms with van der Waals surface area (Å²) in [4.78, 5) is 0. The van der Waals surface area contributed by atoms with E-state index in [1.54, 1.807) is 0 Å². The smallest absolute Gasteiger partial charge is 1.00 e. The average Bonchev–Trinajstić information content (AvgIpc) is 0. The zero-order valence-corrected chi connectivity index (χ0v) is 21.5. The van der Waals surface area contributed by atoms with Gasteiger partial charge in [0.15, 0.2) is 0 Å². The van der Waals surface area contributed by atoms with Gasteiger partial charge in [-0.25, -0.2) is 0 Å². The third-order valence-corrected chi connectivity index (χ3v) is 0. The van der Waals surface area contributed by atoms with Crippen LogP contribution in [0.3, 0.4) is 0 Å². The van der Waals surface area contributed by atoms with Crippen LogP contribution in [0.1, 0.15) is 1.43 Å². The van der Waals surface area contributed by atoms with Crippen LogP contribution in [0.5, 0.6) is 0 Å². The first kappa shape index (κ1) is 38.4. The van der Waals surface area contributed by atoms with Crippen LogP contribution in [0.15, 0.2) is 0 Å². The van der Waals surface area contributed by atoms with Crippen molar-refractivity contribution in [2.24, 2.45) is 0 Å². The van der Waals surface area contributed by atoms with Gasteiger partial charge in [0.2, 0.25) is 0 Å². The fourth-order valence-electron chi connectivity index (χ4n) is 0. The minimum absolute atomic E-state index is 0. The van der Waals surface area contributed by atoms with Crippen molar-refractivity contribution in [1.29, 1.82) is 0 Å². The molecule has 0 aliphatic heterocycles. The summed E-state index contributed by atoms with van der Waals surface area (Å²) in [6.45, 7) is 0. The molecule has 0 heterocycles. The van der Waals surface area contributed by atoms with E-state index in [1.807, 2.05) is 0 Å². The van der Waals surface area contributed by atoms with Crippen molar-refractivity contribution in [2.75, 3.05) is 0 Å². The first-order valence-corrected chi connectivity index (χ1v) is 0. The standard InChI is InChI=1S/Cs.Dy.3HI.Nd.H/h;;3*1H;;/q+1;;;;;;-1. The molecular weight excluding hydrogens is 820 g/mol. The van der Waals surface area contributed by atoms with E-state index in [-0.39, 0.29) is 221 Å². The summed E-state index contributed by atoms with van der Waals surface area (Å²) in [5, 5.41) is 0. The molecule has 0 spiro atoms. The third kappa shape index (κ3) is 22.4. The molecule has 0 saturated carbocycles. The second-order valence-electron chi connectivity index (χ2n) is 0. The minimum atomic E-state index is 0. The largest absolute Gasteiger partial charge is 1.00 e. The van der Waals surface area contributed by atoms with Gasteiger partial charge < -0.3 is 1.43 Å². The first-order chi connectivity index (χ1) is 0. The Labute approximate surface area is 213 Å². The van der Waals surface area contributed by atoms with Crippen LogP contribution in [0, 0.1) is 79.0 Å². The van der Waals surface area contributed by atoms with Gasteiger partial charge in [0.1, 0.15) is 0 Å². The molecule has 0 bridgehead atoms. The van der Waals surface area contributed by atoms with Gasteiger partial charge in [-0.1, -0.05) is 0 Å². The molecule has 0 aromatic rings. The van der Waals surface area contributed by atoms with Gasteiger partial charge in [-0.05, 0) is 0 Å². The van der Waals surface area contributed by atoms with E-state index in [0.717, 1.165) is 0 Å². The molecule has 40 valence electrons. The van der Waals surface area contributed by atoms with Gasteiger partial charge >= 0.3 is 68.9 Å². The van der Waals surface area contributed by atoms with E-state index in [2.05, 4.69) is 0 Å². The normalized spacial score (nSPS) is 0. The summed E-state index contributed by atoms with van der Waals surface area (Å²) in [6.07, 6.45) is 0. The van der Waals surface area contributed by atoms with Crippen molar-refractivity contribution in [2.45, 2.75) is 0 Å². The van der Waals surface area contributed by atoms with Crippen molar-refractivity contribution >= 4 is 71.9 Å². The molecule has 0 aromatic carbocycles. The van der Waals surface area contributed by atoms with E-state index in [1.165, 1.54) is 0 Å². The Morgan fingerprint density at radius 1 is 0.833 bits per heavy atom. The van der Waals surface area contributed by atoms with Crippen molar-refractivity contribution < 1.29 is 149 Å². The van der Waals surface area contributed by atoms with Crippen molar-refractivity contribution in [3.05, 3.63) is 0 Å². The maximum absolute atomic E-state index is 0. The van der Waals surface area contributed by atoms with Crippen LogP contribution in [0.4, 0.5) is 0 Å². The Morgan fingerprint density at radius 3 is 0.833 bits per heavy atom. The predicted octanol–water partition coefficient (Wildman–Crippen LogP) is -1.03.